The van der Waals surface area contributed by atoms with Gasteiger partial charge in [0.25, 0.3) is 5.91 Å². The lowest BCUT2D eigenvalue weighted by Crippen LogP contribution is -2.13. The molecule has 5 heteroatoms. The maximum atomic E-state index is 12.0. The van der Waals surface area contributed by atoms with Gasteiger partial charge in [0.2, 0.25) is 0 Å². The van der Waals surface area contributed by atoms with Gasteiger partial charge < -0.3 is 10.6 Å². The first-order chi connectivity index (χ1) is 9.29. The van der Waals surface area contributed by atoms with E-state index in [1.807, 2.05) is 0 Å². The minimum atomic E-state index is -0.171. The monoisotopic (exact) mass is 256 g/mol. The van der Waals surface area contributed by atoms with Crippen molar-refractivity contribution in [2.24, 2.45) is 0 Å². The smallest absolute Gasteiger partial charge is 0.255 e. The molecule has 0 atom stereocenters. The number of aromatic nitrogens is 2. The van der Waals surface area contributed by atoms with Gasteiger partial charge in [-0.25, -0.2) is 4.98 Å². The van der Waals surface area contributed by atoms with Crippen molar-refractivity contribution in [1.29, 1.82) is 0 Å². The Kier molecular flexibility index (Phi) is 4.44. The van der Waals surface area contributed by atoms with Crippen molar-refractivity contribution in [3.8, 4) is 0 Å². The predicted octanol–water partition coefficient (Wildman–Crippen LogP) is 2.55. The molecule has 98 valence electrons. The number of nitrogens with one attached hydrogen (secondary N) is 2. The molecule has 2 aromatic rings. The molecular formula is C14H16N4O. The molecule has 1 amide bonds. The van der Waals surface area contributed by atoms with Gasteiger partial charge in [-0.3, -0.25) is 9.78 Å². The number of carbonyl (C=O) groups excluding carboxylic acids is 1. The summed E-state index contributed by atoms with van der Waals surface area (Å²) >= 11 is 0. The summed E-state index contributed by atoms with van der Waals surface area (Å²) in [5.74, 6) is 0.538. The summed E-state index contributed by atoms with van der Waals surface area (Å²) in [5, 5.41) is 5.93. The van der Waals surface area contributed by atoms with Gasteiger partial charge in [0.1, 0.15) is 5.82 Å². The zero-order valence-corrected chi connectivity index (χ0v) is 10.8. The minimum absolute atomic E-state index is 0.171. The van der Waals surface area contributed by atoms with Crippen molar-refractivity contribution in [2.75, 3.05) is 17.2 Å². The van der Waals surface area contributed by atoms with E-state index in [0.717, 1.165) is 13.0 Å². The van der Waals surface area contributed by atoms with E-state index in [2.05, 4.69) is 27.5 Å². The van der Waals surface area contributed by atoms with Crippen LogP contribution in [0.2, 0.25) is 0 Å². The van der Waals surface area contributed by atoms with Crippen LogP contribution in [0.1, 0.15) is 23.7 Å². The number of nitrogens with zero attached hydrogens (tertiary/aromatic N) is 2. The van der Waals surface area contributed by atoms with E-state index >= 15 is 0 Å². The average Bonchev–Trinajstić information content (AvgIpc) is 2.46. The van der Waals surface area contributed by atoms with Crippen molar-refractivity contribution < 1.29 is 4.79 Å². The maximum absolute atomic E-state index is 12.0. The number of amides is 1. The van der Waals surface area contributed by atoms with Crippen molar-refractivity contribution in [3.05, 3.63) is 48.4 Å². The van der Waals surface area contributed by atoms with Crippen LogP contribution in [0.4, 0.5) is 11.5 Å². The van der Waals surface area contributed by atoms with Crippen LogP contribution in [0.15, 0.2) is 42.9 Å². The quantitative estimate of drug-likeness (QED) is 0.862. The van der Waals surface area contributed by atoms with E-state index in [4.69, 9.17) is 0 Å². The van der Waals surface area contributed by atoms with Crippen LogP contribution in [0.3, 0.4) is 0 Å². The fourth-order valence-electron chi connectivity index (χ4n) is 1.56. The molecule has 2 rings (SSSR count). The Hall–Kier alpha value is -2.43. The molecule has 0 saturated heterocycles. The third-order valence-corrected chi connectivity index (χ3v) is 2.50. The highest BCUT2D eigenvalue weighted by Gasteiger charge is 2.07. The summed E-state index contributed by atoms with van der Waals surface area (Å²) < 4.78 is 0. The number of pyridine rings is 2. The molecule has 0 aromatic carbocycles. The Labute approximate surface area is 112 Å². The fourth-order valence-corrected chi connectivity index (χ4v) is 1.56. The summed E-state index contributed by atoms with van der Waals surface area (Å²) in [4.78, 5) is 20.2. The predicted molar refractivity (Wildman–Crippen MR) is 75.2 cm³/mol. The summed E-state index contributed by atoms with van der Waals surface area (Å²) in [7, 11) is 0. The molecule has 0 fully saturated rings. The molecule has 19 heavy (non-hydrogen) atoms. The molecule has 2 aromatic heterocycles. The fraction of sp³-hybridized carbons (Fsp3) is 0.214. The molecule has 0 radical (unpaired) electrons. The SMILES string of the molecule is CCCNc1cc(C(=O)Nc2cccnc2)ccn1. The van der Waals surface area contributed by atoms with Crippen molar-refractivity contribution in [1.82, 2.24) is 9.97 Å². The molecule has 5 nitrogen and oxygen atoms in total. The Morgan fingerprint density at radius 1 is 1.32 bits per heavy atom. The van der Waals surface area contributed by atoms with E-state index in [-0.39, 0.29) is 5.91 Å². The van der Waals surface area contributed by atoms with Crippen LogP contribution in [-0.2, 0) is 0 Å². The summed E-state index contributed by atoms with van der Waals surface area (Å²) in [6.45, 7) is 2.91. The van der Waals surface area contributed by atoms with Gasteiger partial charge in [-0.1, -0.05) is 6.92 Å². The maximum Gasteiger partial charge on any atom is 0.255 e. The molecule has 0 aliphatic carbocycles. The second kappa shape index (κ2) is 6.49. The van der Waals surface area contributed by atoms with E-state index < -0.39 is 0 Å². The van der Waals surface area contributed by atoms with Gasteiger partial charge in [-0.2, -0.15) is 0 Å². The van der Waals surface area contributed by atoms with E-state index in [1.165, 1.54) is 0 Å². The Balaban J connectivity index is 2.06. The van der Waals surface area contributed by atoms with Gasteiger partial charge in [0, 0.05) is 24.5 Å². The largest absolute Gasteiger partial charge is 0.370 e. The number of hydrogen-bond donors (Lipinski definition) is 2. The number of carbonyl (C=O) groups is 1. The minimum Gasteiger partial charge on any atom is -0.370 e. The summed E-state index contributed by atoms with van der Waals surface area (Å²) in [6, 6.07) is 6.99. The molecule has 0 spiro atoms. The van der Waals surface area contributed by atoms with E-state index in [0.29, 0.717) is 17.1 Å². The van der Waals surface area contributed by atoms with Crippen LogP contribution in [0.25, 0.3) is 0 Å². The Bertz CT molecular complexity index is 542. The molecule has 2 heterocycles. The molecule has 0 unspecified atom stereocenters. The van der Waals surface area contributed by atoms with Crippen molar-refractivity contribution in [3.63, 3.8) is 0 Å². The molecule has 0 bridgehead atoms. The summed E-state index contributed by atoms with van der Waals surface area (Å²) in [6.07, 6.45) is 5.90. The first kappa shape index (κ1) is 13.0. The first-order valence-corrected chi connectivity index (χ1v) is 6.21. The zero-order chi connectivity index (χ0) is 13.5. The van der Waals surface area contributed by atoms with Gasteiger partial charge in [0.05, 0.1) is 11.9 Å². The number of rotatable bonds is 5. The van der Waals surface area contributed by atoms with Crippen molar-refractivity contribution >= 4 is 17.4 Å². The number of hydrogen-bond acceptors (Lipinski definition) is 4. The molecular weight excluding hydrogens is 240 g/mol. The third kappa shape index (κ3) is 3.77. The highest BCUT2D eigenvalue weighted by atomic mass is 16.1. The molecule has 0 aliphatic heterocycles. The summed E-state index contributed by atoms with van der Waals surface area (Å²) in [5.41, 5.74) is 1.24. The average molecular weight is 256 g/mol. The van der Waals surface area contributed by atoms with Gasteiger partial charge >= 0.3 is 0 Å². The Morgan fingerprint density at radius 3 is 2.95 bits per heavy atom. The van der Waals surface area contributed by atoms with Crippen LogP contribution in [0.5, 0.6) is 0 Å². The Morgan fingerprint density at radius 2 is 2.21 bits per heavy atom. The lowest BCUT2D eigenvalue weighted by atomic mass is 10.2. The third-order valence-electron chi connectivity index (χ3n) is 2.50. The van der Waals surface area contributed by atoms with Crippen LogP contribution in [0, 0.1) is 0 Å². The van der Waals surface area contributed by atoms with Crippen LogP contribution >= 0.6 is 0 Å². The molecule has 2 N–H and O–H groups in total. The standard InChI is InChI=1S/C14H16N4O/c1-2-6-16-13-9-11(5-8-17-13)14(19)18-12-4-3-7-15-10-12/h3-5,7-10H,2,6H2,1H3,(H,16,17)(H,18,19). The zero-order valence-electron chi connectivity index (χ0n) is 10.8. The first-order valence-electron chi connectivity index (χ1n) is 6.21. The highest BCUT2D eigenvalue weighted by molar-refractivity contribution is 6.04. The number of anilines is 2. The molecule has 0 saturated carbocycles. The van der Waals surface area contributed by atoms with Crippen LogP contribution < -0.4 is 10.6 Å². The second-order valence-corrected chi connectivity index (χ2v) is 4.05. The topological polar surface area (TPSA) is 66.9 Å². The van der Waals surface area contributed by atoms with Gasteiger partial charge in [-0.05, 0) is 30.7 Å². The van der Waals surface area contributed by atoms with Gasteiger partial charge in [-0.15, -0.1) is 0 Å². The normalized spacial score (nSPS) is 9.95. The highest BCUT2D eigenvalue weighted by Crippen LogP contribution is 2.10. The van der Waals surface area contributed by atoms with Gasteiger partial charge in [0.15, 0.2) is 0 Å². The van der Waals surface area contributed by atoms with E-state index in [1.54, 1.807) is 42.9 Å². The lowest BCUT2D eigenvalue weighted by molar-refractivity contribution is 0.102. The van der Waals surface area contributed by atoms with E-state index in [9.17, 15) is 4.79 Å². The lowest BCUT2D eigenvalue weighted by Gasteiger charge is -2.07. The second-order valence-electron chi connectivity index (χ2n) is 4.05. The van der Waals surface area contributed by atoms with Crippen molar-refractivity contribution in [2.45, 2.75) is 13.3 Å². The molecule has 0 aliphatic rings. The van der Waals surface area contributed by atoms with Crippen LogP contribution in [-0.4, -0.2) is 22.4 Å².